The number of benzene rings is 1. The van der Waals surface area contributed by atoms with Crippen molar-refractivity contribution in [3.63, 3.8) is 0 Å². The van der Waals surface area contributed by atoms with E-state index in [0.29, 0.717) is 5.56 Å². The highest BCUT2D eigenvalue weighted by Crippen LogP contribution is 2.32. The van der Waals surface area contributed by atoms with Crippen molar-refractivity contribution in [3.05, 3.63) is 43.0 Å². The molecule has 1 aromatic carbocycles. The van der Waals surface area contributed by atoms with Crippen molar-refractivity contribution in [2.45, 2.75) is 6.92 Å². The molecule has 106 valence electrons. The van der Waals surface area contributed by atoms with Crippen LogP contribution in [0.5, 0.6) is 0 Å². The SMILES string of the molecule is Cc1ccc(NC(=O)c2cc(Br)sc2Br)cc1N(C)C. The van der Waals surface area contributed by atoms with Crippen molar-refractivity contribution in [1.82, 2.24) is 0 Å². The highest BCUT2D eigenvalue weighted by molar-refractivity contribution is 9.12. The van der Waals surface area contributed by atoms with Crippen LogP contribution in [-0.2, 0) is 0 Å². The van der Waals surface area contributed by atoms with Crippen LogP contribution in [0.4, 0.5) is 11.4 Å². The molecule has 2 aromatic rings. The van der Waals surface area contributed by atoms with Crippen molar-refractivity contribution in [3.8, 4) is 0 Å². The second-order valence-electron chi connectivity index (χ2n) is 4.59. The van der Waals surface area contributed by atoms with Crippen LogP contribution in [0.1, 0.15) is 15.9 Å². The normalized spacial score (nSPS) is 10.4. The molecule has 6 heteroatoms. The smallest absolute Gasteiger partial charge is 0.257 e. The van der Waals surface area contributed by atoms with E-state index in [1.165, 1.54) is 16.9 Å². The molecule has 1 aromatic heterocycles. The first kappa shape index (κ1) is 15.5. The molecule has 3 nitrogen and oxygen atoms in total. The topological polar surface area (TPSA) is 32.3 Å². The van der Waals surface area contributed by atoms with Gasteiger partial charge in [-0.25, -0.2) is 0 Å². The van der Waals surface area contributed by atoms with Gasteiger partial charge in [0.2, 0.25) is 0 Å². The van der Waals surface area contributed by atoms with Crippen molar-refractivity contribution in [2.75, 3.05) is 24.3 Å². The van der Waals surface area contributed by atoms with Gasteiger partial charge in [-0.05, 0) is 62.5 Å². The van der Waals surface area contributed by atoms with E-state index < -0.39 is 0 Å². The molecule has 0 aliphatic carbocycles. The van der Waals surface area contributed by atoms with Crippen LogP contribution in [0.2, 0.25) is 0 Å². The van der Waals surface area contributed by atoms with Crippen molar-refractivity contribution in [1.29, 1.82) is 0 Å². The zero-order valence-corrected chi connectivity index (χ0v) is 15.3. The van der Waals surface area contributed by atoms with Crippen LogP contribution in [0, 0.1) is 6.92 Å². The van der Waals surface area contributed by atoms with Crippen molar-refractivity contribution < 1.29 is 4.79 Å². The fourth-order valence-electron chi connectivity index (χ4n) is 1.86. The molecule has 1 amide bonds. The quantitative estimate of drug-likeness (QED) is 0.770. The van der Waals surface area contributed by atoms with Gasteiger partial charge in [-0.15, -0.1) is 11.3 Å². The molecule has 0 radical (unpaired) electrons. The lowest BCUT2D eigenvalue weighted by Gasteiger charge is -2.17. The van der Waals surface area contributed by atoms with E-state index in [9.17, 15) is 4.79 Å². The highest BCUT2D eigenvalue weighted by atomic mass is 79.9. The zero-order valence-electron chi connectivity index (χ0n) is 11.3. The van der Waals surface area contributed by atoms with Crippen LogP contribution in [0.3, 0.4) is 0 Å². The van der Waals surface area contributed by atoms with E-state index in [4.69, 9.17) is 0 Å². The predicted molar refractivity (Wildman–Crippen MR) is 93.2 cm³/mol. The molecule has 0 saturated carbocycles. The minimum Gasteiger partial charge on any atom is -0.377 e. The number of carbonyl (C=O) groups is 1. The first-order valence-corrected chi connectivity index (χ1v) is 8.33. The number of aryl methyl sites for hydroxylation is 1. The van der Waals surface area contributed by atoms with Crippen LogP contribution >= 0.6 is 43.2 Å². The molecule has 1 heterocycles. The Labute approximate surface area is 139 Å². The van der Waals surface area contributed by atoms with Crippen LogP contribution in [0.25, 0.3) is 0 Å². The fourth-order valence-corrected chi connectivity index (χ4v) is 4.66. The Kier molecular flexibility index (Phi) is 4.88. The van der Waals surface area contributed by atoms with Gasteiger partial charge in [0.1, 0.15) is 0 Å². The van der Waals surface area contributed by atoms with Gasteiger partial charge in [0.15, 0.2) is 0 Å². The summed E-state index contributed by atoms with van der Waals surface area (Å²) < 4.78 is 1.74. The second-order valence-corrected chi connectivity index (χ2v) is 8.34. The third-order valence-electron chi connectivity index (χ3n) is 2.85. The zero-order chi connectivity index (χ0) is 14.9. The number of anilines is 2. The Morgan fingerprint density at radius 1 is 1.25 bits per heavy atom. The average molecular weight is 418 g/mol. The van der Waals surface area contributed by atoms with Crippen LogP contribution in [-0.4, -0.2) is 20.0 Å². The molecule has 0 aliphatic rings. The predicted octanol–water partition coefficient (Wildman–Crippen LogP) is 4.90. The van der Waals surface area contributed by atoms with Crippen molar-refractivity contribution in [2.24, 2.45) is 0 Å². The van der Waals surface area contributed by atoms with E-state index >= 15 is 0 Å². The number of nitrogens with one attached hydrogen (secondary N) is 1. The molecule has 0 atom stereocenters. The van der Waals surface area contributed by atoms with Gasteiger partial charge in [-0.2, -0.15) is 0 Å². The summed E-state index contributed by atoms with van der Waals surface area (Å²) in [6.07, 6.45) is 0. The standard InChI is InChI=1S/C14H14Br2N2OS/c1-8-4-5-9(6-11(8)18(2)3)17-14(19)10-7-12(15)20-13(10)16/h4-7H,1-3H3,(H,17,19). The maximum Gasteiger partial charge on any atom is 0.257 e. The van der Waals surface area contributed by atoms with Gasteiger partial charge in [-0.3, -0.25) is 4.79 Å². The van der Waals surface area contributed by atoms with Crippen LogP contribution < -0.4 is 10.2 Å². The number of thiophene rings is 1. The Balaban J connectivity index is 2.24. The Morgan fingerprint density at radius 2 is 1.95 bits per heavy atom. The summed E-state index contributed by atoms with van der Waals surface area (Å²) in [7, 11) is 3.97. The summed E-state index contributed by atoms with van der Waals surface area (Å²) in [6, 6.07) is 7.70. The number of hydrogen-bond acceptors (Lipinski definition) is 3. The minimum atomic E-state index is -0.118. The largest absolute Gasteiger partial charge is 0.377 e. The molecule has 0 aliphatic heterocycles. The summed E-state index contributed by atoms with van der Waals surface area (Å²) in [5.74, 6) is -0.118. The summed E-state index contributed by atoms with van der Waals surface area (Å²) in [5, 5.41) is 2.93. The third-order valence-corrected chi connectivity index (χ3v) is 5.19. The molecule has 0 saturated heterocycles. The average Bonchev–Trinajstić information content (AvgIpc) is 2.70. The van der Waals surface area contributed by atoms with E-state index in [-0.39, 0.29) is 5.91 Å². The Hall–Kier alpha value is -0.850. The first-order chi connectivity index (χ1) is 9.38. The number of hydrogen-bond donors (Lipinski definition) is 1. The number of carbonyl (C=O) groups excluding carboxylic acids is 1. The van der Waals surface area contributed by atoms with Gasteiger partial charge in [0, 0.05) is 25.5 Å². The summed E-state index contributed by atoms with van der Waals surface area (Å²) in [4.78, 5) is 14.3. The lowest BCUT2D eigenvalue weighted by molar-refractivity contribution is 0.102. The van der Waals surface area contributed by atoms with Crippen LogP contribution in [0.15, 0.2) is 31.8 Å². The van der Waals surface area contributed by atoms with E-state index in [1.54, 1.807) is 0 Å². The molecule has 1 N–H and O–H groups in total. The lowest BCUT2D eigenvalue weighted by Crippen LogP contribution is -2.14. The lowest BCUT2D eigenvalue weighted by atomic mass is 10.1. The van der Waals surface area contributed by atoms with Crippen molar-refractivity contribution >= 4 is 60.5 Å². The molecule has 0 unspecified atom stereocenters. The molecular formula is C14H14Br2N2OS. The van der Waals surface area contributed by atoms with E-state index in [2.05, 4.69) is 37.2 Å². The number of rotatable bonds is 3. The fraction of sp³-hybridized carbons (Fsp3) is 0.214. The van der Waals surface area contributed by atoms with Gasteiger partial charge in [0.25, 0.3) is 5.91 Å². The molecule has 2 rings (SSSR count). The van der Waals surface area contributed by atoms with E-state index in [0.717, 1.165) is 18.9 Å². The maximum absolute atomic E-state index is 12.2. The molecule has 0 spiro atoms. The molecular weight excluding hydrogens is 404 g/mol. The van der Waals surface area contributed by atoms with E-state index in [1.807, 2.05) is 50.2 Å². The highest BCUT2D eigenvalue weighted by Gasteiger charge is 2.14. The molecule has 0 bridgehead atoms. The number of nitrogens with zero attached hydrogens (tertiary/aromatic N) is 1. The monoisotopic (exact) mass is 416 g/mol. The van der Waals surface area contributed by atoms with Gasteiger partial charge in [0.05, 0.1) is 13.1 Å². The summed E-state index contributed by atoms with van der Waals surface area (Å²) >= 11 is 8.26. The summed E-state index contributed by atoms with van der Waals surface area (Å²) in [5.41, 5.74) is 3.69. The molecule has 20 heavy (non-hydrogen) atoms. The molecule has 0 fully saturated rings. The number of halogens is 2. The Bertz CT molecular complexity index is 653. The maximum atomic E-state index is 12.2. The van der Waals surface area contributed by atoms with Gasteiger partial charge < -0.3 is 10.2 Å². The first-order valence-electron chi connectivity index (χ1n) is 5.92. The third kappa shape index (κ3) is 3.42. The number of amides is 1. The summed E-state index contributed by atoms with van der Waals surface area (Å²) in [6.45, 7) is 2.05. The minimum absolute atomic E-state index is 0.118. The van der Waals surface area contributed by atoms with Gasteiger partial charge in [-0.1, -0.05) is 6.07 Å². The Morgan fingerprint density at radius 3 is 2.50 bits per heavy atom. The van der Waals surface area contributed by atoms with Gasteiger partial charge >= 0.3 is 0 Å². The second kappa shape index (κ2) is 6.28.